The Morgan fingerprint density at radius 2 is 2.11 bits per heavy atom. The lowest BCUT2D eigenvalue weighted by molar-refractivity contribution is 0.225. The molecule has 0 spiro atoms. The fraction of sp³-hybridized carbons (Fsp3) is 1.00. The average Bonchev–Trinajstić information content (AvgIpc) is 2.67. The van der Waals surface area contributed by atoms with Gasteiger partial charge >= 0.3 is 0 Å². The van der Waals surface area contributed by atoms with Crippen LogP contribution in [0.2, 0.25) is 0 Å². The van der Waals surface area contributed by atoms with Crippen molar-refractivity contribution in [2.45, 2.75) is 39.2 Å². The third kappa shape index (κ3) is 7.34. The van der Waals surface area contributed by atoms with E-state index in [0.29, 0.717) is 17.7 Å². The second-order valence-electron chi connectivity index (χ2n) is 5.93. The molecule has 1 atom stereocenters. The van der Waals surface area contributed by atoms with Crippen LogP contribution in [-0.4, -0.2) is 57.5 Å². The molecule has 0 amide bonds. The Morgan fingerprint density at radius 3 is 2.61 bits per heavy atom. The van der Waals surface area contributed by atoms with Gasteiger partial charge in [-0.25, -0.2) is 8.42 Å². The number of nitrogens with zero attached hydrogens (tertiary/aromatic N) is 1. The van der Waals surface area contributed by atoms with E-state index in [1.807, 2.05) is 0 Å². The van der Waals surface area contributed by atoms with Gasteiger partial charge in [-0.3, -0.25) is 0 Å². The summed E-state index contributed by atoms with van der Waals surface area (Å²) in [5.41, 5.74) is 0. The maximum absolute atomic E-state index is 11.1. The molecular weight excluding hydrogens is 248 g/mol. The van der Waals surface area contributed by atoms with Gasteiger partial charge in [-0.1, -0.05) is 13.8 Å². The number of rotatable bonds is 8. The lowest BCUT2D eigenvalue weighted by Crippen LogP contribution is -2.40. The van der Waals surface area contributed by atoms with Crippen molar-refractivity contribution >= 4 is 9.84 Å². The van der Waals surface area contributed by atoms with Crippen molar-refractivity contribution < 1.29 is 8.42 Å². The Balaban J connectivity index is 2.34. The normalized spacial score (nSPS) is 21.1. The molecule has 5 heteroatoms. The highest BCUT2D eigenvalue weighted by Crippen LogP contribution is 2.09. The Hall–Kier alpha value is -0.130. The van der Waals surface area contributed by atoms with Crippen LogP contribution in [-0.2, 0) is 9.84 Å². The lowest BCUT2D eigenvalue weighted by atomic mass is 10.1. The maximum atomic E-state index is 11.1. The van der Waals surface area contributed by atoms with Gasteiger partial charge in [0.05, 0.1) is 5.75 Å². The molecule has 1 heterocycles. The molecule has 1 unspecified atom stereocenters. The van der Waals surface area contributed by atoms with Gasteiger partial charge in [-0.2, -0.15) is 0 Å². The zero-order valence-corrected chi connectivity index (χ0v) is 12.8. The molecule has 0 radical (unpaired) electrons. The van der Waals surface area contributed by atoms with Gasteiger partial charge in [-0.05, 0) is 38.3 Å². The molecule has 0 saturated carbocycles. The molecule has 1 aliphatic heterocycles. The highest BCUT2D eigenvalue weighted by Gasteiger charge is 2.18. The second kappa shape index (κ2) is 7.46. The first-order chi connectivity index (χ1) is 8.37. The first-order valence-corrected chi connectivity index (χ1v) is 9.06. The molecule has 0 aromatic carbocycles. The molecule has 1 N–H and O–H groups in total. The van der Waals surface area contributed by atoms with Gasteiger partial charge in [0.15, 0.2) is 0 Å². The number of nitrogens with one attached hydrogen (secondary N) is 1. The van der Waals surface area contributed by atoms with Crippen LogP contribution in [0.25, 0.3) is 0 Å². The summed E-state index contributed by atoms with van der Waals surface area (Å²) in [6, 6.07) is 0.599. The predicted octanol–water partition coefficient (Wildman–Crippen LogP) is 1.13. The van der Waals surface area contributed by atoms with Gasteiger partial charge in [0.1, 0.15) is 9.84 Å². The van der Waals surface area contributed by atoms with Gasteiger partial charge in [0, 0.05) is 25.4 Å². The van der Waals surface area contributed by atoms with Crippen molar-refractivity contribution in [3.8, 4) is 0 Å². The van der Waals surface area contributed by atoms with Crippen molar-refractivity contribution in [2.75, 3.05) is 38.2 Å². The third-order valence-electron chi connectivity index (χ3n) is 3.25. The summed E-state index contributed by atoms with van der Waals surface area (Å²) in [6.07, 6.45) is 4.58. The van der Waals surface area contributed by atoms with Gasteiger partial charge in [0.2, 0.25) is 0 Å². The summed E-state index contributed by atoms with van der Waals surface area (Å²) >= 11 is 0. The molecule has 1 saturated heterocycles. The fourth-order valence-electron chi connectivity index (χ4n) is 2.55. The molecule has 0 aliphatic carbocycles. The zero-order chi connectivity index (χ0) is 13.6. The van der Waals surface area contributed by atoms with Gasteiger partial charge < -0.3 is 10.2 Å². The Bertz CT molecular complexity index is 322. The Morgan fingerprint density at radius 1 is 1.39 bits per heavy atom. The monoisotopic (exact) mass is 276 g/mol. The van der Waals surface area contributed by atoms with E-state index < -0.39 is 9.84 Å². The van der Waals surface area contributed by atoms with E-state index in [1.165, 1.54) is 19.1 Å². The summed E-state index contributed by atoms with van der Waals surface area (Å²) in [7, 11) is -2.82. The largest absolute Gasteiger partial charge is 0.313 e. The van der Waals surface area contributed by atoms with E-state index in [4.69, 9.17) is 0 Å². The van der Waals surface area contributed by atoms with Crippen LogP contribution < -0.4 is 5.32 Å². The van der Waals surface area contributed by atoms with Crippen molar-refractivity contribution in [2.24, 2.45) is 5.92 Å². The SMILES string of the molecule is CC(C)CN(CCCS(C)(=O)=O)CC1CCCN1. The van der Waals surface area contributed by atoms with E-state index in [1.54, 1.807) is 0 Å². The standard InChI is InChI=1S/C13H28N2O2S/c1-12(2)10-15(8-5-9-18(3,16)17)11-13-6-4-7-14-13/h12-14H,4-11H2,1-3H3. The minimum Gasteiger partial charge on any atom is -0.313 e. The van der Waals surface area contributed by atoms with E-state index in [0.717, 1.165) is 32.6 Å². The maximum Gasteiger partial charge on any atom is 0.147 e. The summed E-state index contributed by atoms with van der Waals surface area (Å²) < 4.78 is 22.3. The van der Waals surface area contributed by atoms with Crippen molar-refractivity contribution in [1.29, 1.82) is 0 Å². The summed E-state index contributed by atoms with van der Waals surface area (Å²) in [5.74, 6) is 0.935. The molecule has 18 heavy (non-hydrogen) atoms. The second-order valence-corrected chi connectivity index (χ2v) is 8.19. The van der Waals surface area contributed by atoms with Crippen LogP contribution in [0.1, 0.15) is 33.1 Å². The first-order valence-electron chi connectivity index (χ1n) is 7.00. The third-order valence-corrected chi connectivity index (χ3v) is 4.28. The highest BCUT2D eigenvalue weighted by atomic mass is 32.2. The Labute approximate surface area is 112 Å². The number of sulfone groups is 1. The molecule has 4 nitrogen and oxygen atoms in total. The summed E-state index contributed by atoms with van der Waals surface area (Å²) in [5, 5.41) is 3.51. The molecule has 0 aromatic heterocycles. The van der Waals surface area contributed by atoms with E-state index in [9.17, 15) is 8.42 Å². The number of hydrogen-bond donors (Lipinski definition) is 1. The van der Waals surface area contributed by atoms with Crippen LogP contribution in [0.15, 0.2) is 0 Å². The highest BCUT2D eigenvalue weighted by molar-refractivity contribution is 7.90. The molecule has 1 fully saturated rings. The minimum atomic E-state index is -2.82. The minimum absolute atomic E-state index is 0.305. The number of hydrogen-bond acceptors (Lipinski definition) is 4. The zero-order valence-electron chi connectivity index (χ0n) is 12.0. The van der Waals surface area contributed by atoms with Crippen molar-refractivity contribution in [1.82, 2.24) is 10.2 Å². The van der Waals surface area contributed by atoms with Crippen LogP contribution in [0.4, 0.5) is 0 Å². The molecular formula is C13H28N2O2S. The van der Waals surface area contributed by atoms with Crippen LogP contribution in [0.5, 0.6) is 0 Å². The van der Waals surface area contributed by atoms with Crippen molar-refractivity contribution in [3.63, 3.8) is 0 Å². The predicted molar refractivity (Wildman–Crippen MR) is 76.6 cm³/mol. The molecule has 1 aliphatic rings. The lowest BCUT2D eigenvalue weighted by Gasteiger charge is -2.27. The summed E-state index contributed by atoms with van der Waals surface area (Å²) in [6.45, 7) is 8.56. The molecule has 0 aromatic rings. The van der Waals surface area contributed by atoms with Crippen LogP contribution >= 0.6 is 0 Å². The quantitative estimate of drug-likeness (QED) is 0.722. The van der Waals surface area contributed by atoms with E-state index >= 15 is 0 Å². The van der Waals surface area contributed by atoms with Gasteiger partial charge in [-0.15, -0.1) is 0 Å². The van der Waals surface area contributed by atoms with Gasteiger partial charge in [0.25, 0.3) is 0 Å². The summed E-state index contributed by atoms with van der Waals surface area (Å²) in [4.78, 5) is 2.42. The van der Waals surface area contributed by atoms with Crippen LogP contribution in [0.3, 0.4) is 0 Å². The van der Waals surface area contributed by atoms with Crippen LogP contribution in [0, 0.1) is 5.92 Å². The van der Waals surface area contributed by atoms with E-state index in [2.05, 4.69) is 24.1 Å². The van der Waals surface area contributed by atoms with Crippen molar-refractivity contribution in [3.05, 3.63) is 0 Å². The Kier molecular flexibility index (Phi) is 6.60. The fourth-order valence-corrected chi connectivity index (χ4v) is 3.20. The first kappa shape index (κ1) is 15.9. The molecule has 108 valence electrons. The van der Waals surface area contributed by atoms with E-state index in [-0.39, 0.29) is 0 Å². The topological polar surface area (TPSA) is 49.4 Å². The molecule has 0 bridgehead atoms. The molecule has 1 rings (SSSR count). The average molecular weight is 276 g/mol. The smallest absolute Gasteiger partial charge is 0.147 e.